The first-order valence-corrected chi connectivity index (χ1v) is 6.33. The van der Waals surface area contributed by atoms with Crippen LogP contribution in [0.4, 0.5) is 11.4 Å². The van der Waals surface area contributed by atoms with Gasteiger partial charge in [-0.05, 0) is 18.2 Å². The van der Waals surface area contributed by atoms with Crippen molar-refractivity contribution in [2.75, 3.05) is 19.0 Å². The number of non-ortho nitro benzene ring substituents is 1. The summed E-state index contributed by atoms with van der Waals surface area (Å²) in [7, 11) is 3.67. The van der Waals surface area contributed by atoms with Crippen molar-refractivity contribution in [3.05, 3.63) is 46.6 Å². The predicted octanol–water partition coefficient (Wildman–Crippen LogP) is 2.60. The van der Waals surface area contributed by atoms with E-state index < -0.39 is 4.92 Å². The lowest BCUT2D eigenvalue weighted by Crippen LogP contribution is -2.10. The number of nitrogens with one attached hydrogen (secondary N) is 1. The highest BCUT2D eigenvalue weighted by Crippen LogP contribution is 2.32. The summed E-state index contributed by atoms with van der Waals surface area (Å²) in [6, 6.07) is 8.43. The number of aromatic amines is 1. The van der Waals surface area contributed by atoms with Gasteiger partial charge in [0.15, 0.2) is 5.65 Å². The van der Waals surface area contributed by atoms with Crippen molar-refractivity contribution in [2.24, 2.45) is 0 Å². The van der Waals surface area contributed by atoms with Crippen molar-refractivity contribution in [3.8, 4) is 11.4 Å². The Morgan fingerprint density at radius 2 is 2.10 bits per heavy atom. The average Bonchev–Trinajstić information content (AvgIpc) is 2.90. The van der Waals surface area contributed by atoms with Gasteiger partial charge in [-0.25, -0.2) is 9.97 Å². The summed E-state index contributed by atoms with van der Waals surface area (Å²) in [5.74, 6) is 0.641. The van der Waals surface area contributed by atoms with Gasteiger partial charge in [0.2, 0.25) is 0 Å². The molecular weight excluding hydrogens is 270 g/mol. The molecule has 2 heterocycles. The second-order valence-corrected chi connectivity index (χ2v) is 4.81. The molecule has 0 saturated heterocycles. The van der Waals surface area contributed by atoms with Gasteiger partial charge in [0, 0.05) is 38.0 Å². The molecule has 0 aliphatic carbocycles. The van der Waals surface area contributed by atoms with Crippen LogP contribution < -0.4 is 4.90 Å². The molecule has 0 atom stereocenters. The molecule has 106 valence electrons. The van der Waals surface area contributed by atoms with E-state index in [0.717, 1.165) is 16.8 Å². The van der Waals surface area contributed by atoms with Crippen LogP contribution in [0.3, 0.4) is 0 Å². The third kappa shape index (κ3) is 2.29. The molecule has 1 N–H and O–H groups in total. The molecule has 0 bridgehead atoms. The molecular formula is C14H13N5O2. The summed E-state index contributed by atoms with van der Waals surface area (Å²) in [6.07, 6.45) is 1.68. The standard InChI is InChI=1S/C14H13N5O2/c1-18(2)12-8-9(19(20)21)5-6-10(12)13-16-11-4-3-7-15-14(11)17-13/h3-8H,1-2H3,(H,15,16,17). The Labute approximate surface area is 120 Å². The Morgan fingerprint density at radius 3 is 2.76 bits per heavy atom. The minimum Gasteiger partial charge on any atom is -0.377 e. The maximum absolute atomic E-state index is 10.9. The predicted molar refractivity (Wildman–Crippen MR) is 80.3 cm³/mol. The van der Waals surface area contributed by atoms with Crippen molar-refractivity contribution in [2.45, 2.75) is 0 Å². The van der Waals surface area contributed by atoms with E-state index >= 15 is 0 Å². The lowest BCUT2D eigenvalue weighted by Gasteiger charge is -2.15. The molecule has 0 aliphatic rings. The number of imidazole rings is 1. The zero-order valence-corrected chi connectivity index (χ0v) is 11.6. The number of pyridine rings is 1. The summed E-state index contributed by atoms with van der Waals surface area (Å²) in [5.41, 5.74) is 3.02. The quantitative estimate of drug-likeness (QED) is 0.589. The fourth-order valence-corrected chi connectivity index (χ4v) is 2.18. The van der Waals surface area contributed by atoms with E-state index in [9.17, 15) is 10.1 Å². The topological polar surface area (TPSA) is 87.9 Å². The minimum atomic E-state index is -0.406. The number of nitro groups is 1. The van der Waals surface area contributed by atoms with Gasteiger partial charge in [-0.1, -0.05) is 0 Å². The monoisotopic (exact) mass is 283 g/mol. The highest BCUT2D eigenvalue weighted by atomic mass is 16.6. The van der Waals surface area contributed by atoms with Crippen LogP contribution in [-0.4, -0.2) is 34.0 Å². The van der Waals surface area contributed by atoms with E-state index in [1.54, 1.807) is 12.3 Å². The highest BCUT2D eigenvalue weighted by Gasteiger charge is 2.16. The zero-order chi connectivity index (χ0) is 15.0. The lowest BCUT2D eigenvalue weighted by atomic mass is 10.1. The van der Waals surface area contributed by atoms with Gasteiger partial charge >= 0.3 is 0 Å². The fraction of sp³-hybridized carbons (Fsp3) is 0.143. The number of hydrogen-bond donors (Lipinski definition) is 1. The van der Waals surface area contributed by atoms with E-state index in [1.807, 2.05) is 31.1 Å². The van der Waals surface area contributed by atoms with Crippen LogP contribution in [-0.2, 0) is 0 Å². The highest BCUT2D eigenvalue weighted by molar-refractivity contribution is 5.82. The summed E-state index contributed by atoms with van der Waals surface area (Å²) in [6.45, 7) is 0. The van der Waals surface area contributed by atoms with Gasteiger partial charge in [-0.2, -0.15) is 0 Å². The van der Waals surface area contributed by atoms with Crippen LogP contribution in [0.2, 0.25) is 0 Å². The Morgan fingerprint density at radius 1 is 1.29 bits per heavy atom. The molecule has 2 aromatic heterocycles. The van der Waals surface area contributed by atoms with Crippen molar-refractivity contribution >= 4 is 22.5 Å². The number of fused-ring (bicyclic) bond motifs is 1. The van der Waals surface area contributed by atoms with Crippen LogP contribution in [0.15, 0.2) is 36.5 Å². The molecule has 0 amide bonds. The molecule has 0 fully saturated rings. The van der Waals surface area contributed by atoms with Crippen LogP contribution >= 0.6 is 0 Å². The smallest absolute Gasteiger partial charge is 0.271 e. The molecule has 0 unspecified atom stereocenters. The molecule has 0 radical (unpaired) electrons. The summed E-state index contributed by atoms with van der Waals surface area (Å²) in [4.78, 5) is 24.1. The molecule has 3 aromatic rings. The normalized spacial score (nSPS) is 10.8. The Balaban J connectivity index is 2.18. The number of hydrogen-bond acceptors (Lipinski definition) is 5. The number of benzene rings is 1. The van der Waals surface area contributed by atoms with Crippen LogP contribution in [0, 0.1) is 10.1 Å². The third-order valence-electron chi connectivity index (χ3n) is 3.19. The number of nitrogens with zero attached hydrogens (tertiary/aromatic N) is 4. The van der Waals surface area contributed by atoms with E-state index in [1.165, 1.54) is 12.1 Å². The van der Waals surface area contributed by atoms with E-state index in [4.69, 9.17) is 0 Å². The first-order chi connectivity index (χ1) is 10.1. The Bertz CT molecular complexity index is 792. The minimum absolute atomic E-state index is 0.0525. The number of H-pyrrole nitrogens is 1. The molecule has 3 rings (SSSR count). The zero-order valence-electron chi connectivity index (χ0n) is 11.6. The summed E-state index contributed by atoms with van der Waals surface area (Å²) < 4.78 is 0. The molecule has 21 heavy (non-hydrogen) atoms. The lowest BCUT2D eigenvalue weighted by molar-refractivity contribution is -0.384. The number of nitro benzene ring substituents is 1. The van der Waals surface area contributed by atoms with E-state index in [2.05, 4.69) is 15.0 Å². The van der Waals surface area contributed by atoms with Crippen molar-refractivity contribution < 1.29 is 4.92 Å². The first kappa shape index (κ1) is 13.0. The molecule has 1 aromatic carbocycles. The molecule has 0 aliphatic heterocycles. The fourth-order valence-electron chi connectivity index (χ4n) is 2.18. The Kier molecular flexibility index (Phi) is 3.02. The van der Waals surface area contributed by atoms with Gasteiger partial charge in [0.25, 0.3) is 5.69 Å². The number of anilines is 1. The van der Waals surface area contributed by atoms with Gasteiger partial charge < -0.3 is 9.88 Å². The average molecular weight is 283 g/mol. The van der Waals surface area contributed by atoms with Crippen LogP contribution in [0.5, 0.6) is 0 Å². The molecule has 0 saturated carbocycles. The molecule has 7 nitrogen and oxygen atoms in total. The van der Waals surface area contributed by atoms with Gasteiger partial charge in [0.1, 0.15) is 5.82 Å². The molecule has 0 spiro atoms. The van der Waals surface area contributed by atoms with Gasteiger partial charge in [-0.15, -0.1) is 0 Å². The maximum Gasteiger partial charge on any atom is 0.271 e. The summed E-state index contributed by atoms with van der Waals surface area (Å²) in [5, 5.41) is 10.9. The van der Waals surface area contributed by atoms with Crippen molar-refractivity contribution in [3.63, 3.8) is 0 Å². The summed E-state index contributed by atoms with van der Waals surface area (Å²) >= 11 is 0. The van der Waals surface area contributed by atoms with E-state index in [0.29, 0.717) is 11.5 Å². The largest absolute Gasteiger partial charge is 0.377 e. The Hall–Kier alpha value is -2.96. The number of rotatable bonds is 3. The van der Waals surface area contributed by atoms with Gasteiger partial charge in [0.05, 0.1) is 16.1 Å². The van der Waals surface area contributed by atoms with Crippen LogP contribution in [0.25, 0.3) is 22.6 Å². The van der Waals surface area contributed by atoms with Crippen molar-refractivity contribution in [1.82, 2.24) is 15.0 Å². The second-order valence-electron chi connectivity index (χ2n) is 4.81. The maximum atomic E-state index is 10.9. The number of aromatic nitrogens is 3. The molecule has 7 heteroatoms. The second kappa shape index (κ2) is 4.86. The van der Waals surface area contributed by atoms with E-state index in [-0.39, 0.29) is 5.69 Å². The SMILES string of the molecule is CN(C)c1cc([N+](=O)[O-])ccc1-c1nc2ncccc2[nH]1. The first-order valence-electron chi connectivity index (χ1n) is 6.33. The van der Waals surface area contributed by atoms with Gasteiger partial charge in [-0.3, -0.25) is 10.1 Å². The third-order valence-corrected chi connectivity index (χ3v) is 3.19. The van der Waals surface area contributed by atoms with Crippen LogP contribution in [0.1, 0.15) is 0 Å². The van der Waals surface area contributed by atoms with Crippen molar-refractivity contribution in [1.29, 1.82) is 0 Å².